The smallest absolute Gasteiger partial charge is 0.191 e. The van der Waals surface area contributed by atoms with Gasteiger partial charge in [0.2, 0.25) is 0 Å². The number of aromatic nitrogens is 2. The molecule has 1 atom stereocenters. The van der Waals surface area contributed by atoms with Crippen LogP contribution in [0.25, 0.3) is 0 Å². The molecule has 1 rings (SSSR count). The SMILES string of the molecule is CCNc1cc(NC(C)CCOC)nc(SC)n1. The second-order valence-corrected chi connectivity index (χ2v) is 4.76. The Morgan fingerprint density at radius 1 is 1.39 bits per heavy atom. The van der Waals surface area contributed by atoms with E-state index in [0.717, 1.165) is 36.4 Å². The summed E-state index contributed by atoms with van der Waals surface area (Å²) < 4.78 is 5.07. The number of nitrogens with zero attached hydrogens (tertiary/aromatic N) is 2. The molecule has 1 unspecified atom stereocenters. The number of anilines is 2. The summed E-state index contributed by atoms with van der Waals surface area (Å²) in [5.41, 5.74) is 0. The van der Waals surface area contributed by atoms with E-state index in [1.807, 2.05) is 12.3 Å². The van der Waals surface area contributed by atoms with Crippen molar-refractivity contribution in [3.05, 3.63) is 6.07 Å². The minimum atomic E-state index is 0.323. The highest BCUT2D eigenvalue weighted by Crippen LogP contribution is 2.18. The van der Waals surface area contributed by atoms with Crippen molar-refractivity contribution < 1.29 is 4.74 Å². The molecule has 0 aliphatic carbocycles. The van der Waals surface area contributed by atoms with E-state index in [0.29, 0.717) is 6.04 Å². The van der Waals surface area contributed by atoms with Gasteiger partial charge in [-0.25, -0.2) is 9.97 Å². The molecule has 18 heavy (non-hydrogen) atoms. The number of thioether (sulfide) groups is 1. The molecular formula is C12H22N4OS. The van der Waals surface area contributed by atoms with Gasteiger partial charge in [0.1, 0.15) is 11.6 Å². The molecule has 1 aromatic rings. The maximum atomic E-state index is 5.07. The van der Waals surface area contributed by atoms with Crippen LogP contribution in [0.4, 0.5) is 11.6 Å². The molecule has 102 valence electrons. The molecule has 0 fully saturated rings. The van der Waals surface area contributed by atoms with Crippen LogP contribution in [0.15, 0.2) is 11.2 Å². The third kappa shape index (κ3) is 5.10. The first-order valence-electron chi connectivity index (χ1n) is 6.12. The summed E-state index contributed by atoms with van der Waals surface area (Å²) in [5, 5.41) is 7.35. The van der Waals surface area contributed by atoms with Crippen molar-refractivity contribution in [2.75, 3.05) is 37.2 Å². The molecule has 0 saturated carbocycles. The van der Waals surface area contributed by atoms with Crippen molar-refractivity contribution in [1.29, 1.82) is 0 Å². The van der Waals surface area contributed by atoms with Gasteiger partial charge in [0.25, 0.3) is 0 Å². The molecule has 0 bridgehead atoms. The Labute approximate surface area is 113 Å². The predicted molar refractivity (Wildman–Crippen MR) is 77.6 cm³/mol. The Bertz CT molecular complexity index is 362. The Morgan fingerprint density at radius 2 is 2.11 bits per heavy atom. The number of ether oxygens (including phenoxy) is 1. The lowest BCUT2D eigenvalue weighted by atomic mass is 10.2. The highest BCUT2D eigenvalue weighted by Gasteiger charge is 2.06. The van der Waals surface area contributed by atoms with Gasteiger partial charge in [-0.2, -0.15) is 0 Å². The minimum absolute atomic E-state index is 0.323. The fraction of sp³-hybridized carbons (Fsp3) is 0.667. The lowest BCUT2D eigenvalue weighted by Gasteiger charge is -2.15. The fourth-order valence-electron chi connectivity index (χ4n) is 1.48. The summed E-state index contributed by atoms with van der Waals surface area (Å²) >= 11 is 1.54. The summed E-state index contributed by atoms with van der Waals surface area (Å²) in [6.45, 7) is 5.76. The normalized spacial score (nSPS) is 12.2. The number of rotatable bonds is 8. The Morgan fingerprint density at radius 3 is 2.72 bits per heavy atom. The summed E-state index contributed by atoms with van der Waals surface area (Å²) in [5.74, 6) is 1.71. The molecule has 1 heterocycles. The van der Waals surface area contributed by atoms with Crippen LogP contribution < -0.4 is 10.6 Å². The standard InChI is InChI=1S/C12H22N4OS/c1-5-13-10-8-11(16-12(15-10)18-4)14-9(2)6-7-17-3/h8-9H,5-7H2,1-4H3,(H2,13,14,15,16). The number of hydrogen-bond acceptors (Lipinski definition) is 6. The molecular weight excluding hydrogens is 248 g/mol. The third-order valence-corrected chi connectivity index (χ3v) is 2.94. The van der Waals surface area contributed by atoms with Crippen LogP contribution in [0.5, 0.6) is 0 Å². The molecule has 5 nitrogen and oxygen atoms in total. The lowest BCUT2D eigenvalue weighted by Crippen LogP contribution is -2.18. The first-order chi connectivity index (χ1) is 8.69. The van der Waals surface area contributed by atoms with Gasteiger partial charge in [0, 0.05) is 32.4 Å². The van der Waals surface area contributed by atoms with Crippen molar-refractivity contribution in [2.24, 2.45) is 0 Å². The van der Waals surface area contributed by atoms with Crippen LogP contribution in [0.3, 0.4) is 0 Å². The van der Waals surface area contributed by atoms with E-state index in [-0.39, 0.29) is 0 Å². The van der Waals surface area contributed by atoms with Crippen molar-refractivity contribution in [3.63, 3.8) is 0 Å². The highest BCUT2D eigenvalue weighted by atomic mass is 32.2. The largest absolute Gasteiger partial charge is 0.385 e. The first-order valence-corrected chi connectivity index (χ1v) is 7.34. The van der Waals surface area contributed by atoms with Crippen LogP contribution in [-0.2, 0) is 4.74 Å². The van der Waals surface area contributed by atoms with Crippen molar-refractivity contribution in [1.82, 2.24) is 9.97 Å². The summed E-state index contributed by atoms with van der Waals surface area (Å²) in [6.07, 6.45) is 2.93. The fourth-order valence-corrected chi connectivity index (χ4v) is 1.86. The minimum Gasteiger partial charge on any atom is -0.385 e. The molecule has 0 spiro atoms. The molecule has 2 N–H and O–H groups in total. The number of methoxy groups -OCH3 is 1. The van der Waals surface area contributed by atoms with E-state index >= 15 is 0 Å². The van der Waals surface area contributed by atoms with Crippen molar-refractivity contribution in [3.8, 4) is 0 Å². The van der Waals surface area contributed by atoms with Crippen LogP contribution in [0, 0.1) is 0 Å². The highest BCUT2D eigenvalue weighted by molar-refractivity contribution is 7.98. The first kappa shape index (κ1) is 15.0. The molecule has 6 heteroatoms. The maximum absolute atomic E-state index is 5.07. The molecule has 1 aromatic heterocycles. The van der Waals surface area contributed by atoms with E-state index in [1.165, 1.54) is 0 Å². The van der Waals surface area contributed by atoms with E-state index in [1.54, 1.807) is 18.9 Å². The summed E-state index contributed by atoms with van der Waals surface area (Å²) in [4.78, 5) is 8.83. The van der Waals surface area contributed by atoms with Gasteiger partial charge < -0.3 is 15.4 Å². The second-order valence-electron chi connectivity index (χ2n) is 3.98. The topological polar surface area (TPSA) is 59.1 Å². The average Bonchev–Trinajstić information content (AvgIpc) is 2.36. The van der Waals surface area contributed by atoms with E-state index in [2.05, 4.69) is 34.4 Å². The molecule has 0 aliphatic rings. The Hall–Kier alpha value is -1.01. The maximum Gasteiger partial charge on any atom is 0.191 e. The van der Waals surface area contributed by atoms with Crippen LogP contribution in [0.1, 0.15) is 20.3 Å². The quantitative estimate of drug-likeness (QED) is 0.559. The number of nitrogens with one attached hydrogen (secondary N) is 2. The van der Waals surface area contributed by atoms with Crippen LogP contribution in [0.2, 0.25) is 0 Å². The molecule has 0 aromatic carbocycles. The van der Waals surface area contributed by atoms with Gasteiger partial charge in [-0.1, -0.05) is 11.8 Å². The van der Waals surface area contributed by atoms with E-state index < -0.39 is 0 Å². The molecule has 0 amide bonds. The van der Waals surface area contributed by atoms with Gasteiger partial charge in [-0.05, 0) is 26.5 Å². The van der Waals surface area contributed by atoms with Crippen LogP contribution in [-0.4, -0.2) is 42.5 Å². The molecule has 0 saturated heterocycles. The van der Waals surface area contributed by atoms with Crippen molar-refractivity contribution in [2.45, 2.75) is 31.5 Å². The van der Waals surface area contributed by atoms with Crippen molar-refractivity contribution >= 4 is 23.4 Å². The Kier molecular flexibility index (Phi) is 6.82. The molecule has 0 aliphatic heterocycles. The molecule has 0 radical (unpaired) electrons. The van der Waals surface area contributed by atoms with Gasteiger partial charge in [0.15, 0.2) is 5.16 Å². The average molecular weight is 270 g/mol. The van der Waals surface area contributed by atoms with Gasteiger partial charge in [0.05, 0.1) is 0 Å². The van der Waals surface area contributed by atoms with Gasteiger partial charge in [-0.3, -0.25) is 0 Å². The predicted octanol–water partition coefficient (Wildman–Crippen LogP) is 2.47. The van der Waals surface area contributed by atoms with E-state index in [9.17, 15) is 0 Å². The zero-order valence-corrected chi connectivity index (χ0v) is 12.3. The second kappa shape index (κ2) is 8.16. The zero-order chi connectivity index (χ0) is 13.4. The zero-order valence-electron chi connectivity index (χ0n) is 11.5. The number of hydrogen-bond donors (Lipinski definition) is 2. The summed E-state index contributed by atoms with van der Waals surface area (Å²) in [7, 11) is 1.71. The van der Waals surface area contributed by atoms with E-state index in [4.69, 9.17) is 4.74 Å². The monoisotopic (exact) mass is 270 g/mol. The third-order valence-electron chi connectivity index (χ3n) is 2.40. The van der Waals surface area contributed by atoms with Crippen LogP contribution >= 0.6 is 11.8 Å². The lowest BCUT2D eigenvalue weighted by molar-refractivity contribution is 0.191. The Balaban J connectivity index is 2.71. The summed E-state index contributed by atoms with van der Waals surface area (Å²) in [6, 6.07) is 2.26. The van der Waals surface area contributed by atoms with Gasteiger partial charge in [-0.15, -0.1) is 0 Å². The van der Waals surface area contributed by atoms with Gasteiger partial charge >= 0.3 is 0 Å².